The SMILES string of the molecule is NC(=O)c1cc(S(=O)N2CCOCC2)sc1NC(=O)c1ccc(Cl)cc1F. The second-order valence-electron chi connectivity index (χ2n) is 5.54. The summed E-state index contributed by atoms with van der Waals surface area (Å²) in [5.74, 6) is -2.35. The molecule has 27 heavy (non-hydrogen) atoms. The smallest absolute Gasteiger partial charge is 0.259 e. The average Bonchev–Trinajstić information content (AvgIpc) is 3.05. The topological polar surface area (TPSA) is 102 Å². The molecule has 3 N–H and O–H groups in total. The second kappa shape index (κ2) is 8.44. The second-order valence-corrected chi connectivity index (χ2v) is 8.74. The van der Waals surface area contributed by atoms with Crippen LogP contribution < -0.4 is 11.1 Å². The predicted octanol–water partition coefficient (Wildman–Crippen LogP) is 2.25. The lowest BCUT2D eigenvalue weighted by Gasteiger charge is -2.24. The molecule has 0 saturated carbocycles. The van der Waals surface area contributed by atoms with E-state index >= 15 is 0 Å². The summed E-state index contributed by atoms with van der Waals surface area (Å²) in [6, 6.07) is 5.00. The van der Waals surface area contributed by atoms with Crippen LogP contribution in [0.3, 0.4) is 0 Å². The van der Waals surface area contributed by atoms with Crippen molar-refractivity contribution in [3.05, 3.63) is 46.2 Å². The fraction of sp³-hybridized carbons (Fsp3) is 0.250. The van der Waals surface area contributed by atoms with Crippen molar-refractivity contribution < 1.29 is 22.9 Å². The van der Waals surface area contributed by atoms with Crippen molar-refractivity contribution in [1.82, 2.24) is 4.31 Å². The van der Waals surface area contributed by atoms with E-state index in [9.17, 15) is 18.2 Å². The van der Waals surface area contributed by atoms with Gasteiger partial charge in [-0.1, -0.05) is 11.6 Å². The number of thiophene rings is 1. The number of primary amides is 1. The number of carbonyl (C=O) groups is 2. The highest BCUT2D eigenvalue weighted by atomic mass is 35.5. The van der Waals surface area contributed by atoms with Crippen molar-refractivity contribution >= 4 is 50.7 Å². The minimum absolute atomic E-state index is 0.0133. The number of hydrogen-bond acceptors (Lipinski definition) is 5. The molecule has 1 aromatic heterocycles. The van der Waals surface area contributed by atoms with E-state index in [0.717, 1.165) is 17.4 Å². The number of carbonyl (C=O) groups excluding carboxylic acids is 2. The van der Waals surface area contributed by atoms with E-state index in [4.69, 9.17) is 22.1 Å². The van der Waals surface area contributed by atoms with Gasteiger partial charge in [0.25, 0.3) is 11.8 Å². The Kier molecular flexibility index (Phi) is 6.22. The van der Waals surface area contributed by atoms with Crippen molar-refractivity contribution in [2.45, 2.75) is 4.21 Å². The largest absolute Gasteiger partial charge is 0.379 e. The highest BCUT2D eigenvalue weighted by Gasteiger charge is 2.24. The van der Waals surface area contributed by atoms with Crippen LogP contribution in [-0.4, -0.2) is 46.6 Å². The highest BCUT2D eigenvalue weighted by Crippen LogP contribution is 2.32. The van der Waals surface area contributed by atoms with Gasteiger partial charge in [0.05, 0.1) is 24.3 Å². The molecule has 1 aliphatic rings. The Balaban J connectivity index is 1.86. The molecule has 0 spiro atoms. The summed E-state index contributed by atoms with van der Waals surface area (Å²) in [5.41, 5.74) is 5.14. The van der Waals surface area contributed by atoms with Gasteiger partial charge in [0.15, 0.2) is 0 Å². The van der Waals surface area contributed by atoms with Gasteiger partial charge in [0, 0.05) is 18.1 Å². The van der Waals surface area contributed by atoms with Gasteiger partial charge < -0.3 is 15.8 Å². The van der Waals surface area contributed by atoms with Crippen LogP contribution in [0.2, 0.25) is 5.02 Å². The van der Waals surface area contributed by atoms with Gasteiger partial charge in [-0.3, -0.25) is 9.59 Å². The molecule has 3 rings (SSSR count). The summed E-state index contributed by atoms with van der Waals surface area (Å²) in [5, 5.41) is 2.73. The fourth-order valence-corrected chi connectivity index (χ4v) is 5.17. The molecule has 11 heteroatoms. The minimum atomic E-state index is -1.52. The summed E-state index contributed by atoms with van der Waals surface area (Å²) < 4.78 is 33.9. The Hall–Kier alpha value is -1.85. The van der Waals surface area contributed by atoms with Gasteiger partial charge in [-0.15, -0.1) is 11.3 Å². The van der Waals surface area contributed by atoms with Crippen LogP contribution in [0.4, 0.5) is 9.39 Å². The number of nitrogens with one attached hydrogen (secondary N) is 1. The predicted molar refractivity (Wildman–Crippen MR) is 101 cm³/mol. The first-order valence-corrected chi connectivity index (χ1v) is 10.1. The molecule has 1 unspecified atom stereocenters. The third-order valence-corrected chi connectivity index (χ3v) is 6.81. The van der Waals surface area contributed by atoms with E-state index in [0.29, 0.717) is 30.5 Å². The van der Waals surface area contributed by atoms with Crippen LogP contribution in [0.25, 0.3) is 0 Å². The lowest BCUT2D eigenvalue weighted by atomic mass is 10.2. The minimum Gasteiger partial charge on any atom is -0.379 e. The van der Waals surface area contributed by atoms with E-state index < -0.39 is 28.6 Å². The monoisotopic (exact) mass is 431 g/mol. The van der Waals surface area contributed by atoms with E-state index in [2.05, 4.69) is 5.32 Å². The Morgan fingerprint density at radius 3 is 2.59 bits per heavy atom. The Morgan fingerprint density at radius 2 is 1.96 bits per heavy atom. The molecule has 1 aliphatic heterocycles. The molecule has 2 amide bonds. The molecule has 0 radical (unpaired) electrons. The maximum absolute atomic E-state index is 13.9. The first-order valence-electron chi connectivity index (χ1n) is 7.81. The maximum Gasteiger partial charge on any atom is 0.259 e. The lowest BCUT2D eigenvalue weighted by molar-refractivity contribution is 0.0752. The molecule has 2 aromatic rings. The molecule has 1 aromatic carbocycles. The van der Waals surface area contributed by atoms with Crippen LogP contribution in [-0.2, 0) is 15.7 Å². The molecule has 7 nitrogen and oxygen atoms in total. The van der Waals surface area contributed by atoms with Crippen molar-refractivity contribution in [1.29, 1.82) is 0 Å². The summed E-state index contributed by atoms with van der Waals surface area (Å²) >= 11 is 6.64. The first kappa shape index (κ1) is 19.9. The number of halogens is 2. The molecule has 1 atom stereocenters. The average molecular weight is 432 g/mol. The maximum atomic E-state index is 13.9. The van der Waals surface area contributed by atoms with Crippen LogP contribution >= 0.6 is 22.9 Å². The zero-order valence-corrected chi connectivity index (χ0v) is 16.3. The Labute approximate surface area is 165 Å². The van der Waals surface area contributed by atoms with E-state index in [-0.39, 0.29) is 21.2 Å². The number of nitrogens with two attached hydrogens (primary N) is 1. The van der Waals surface area contributed by atoms with Crippen LogP contribution in [0.15, 0.2) is 28.5 Å². The third kappa shape index (κ3) is 4.53. The highest BCUT2D eigenvalue weighted by molar-refractivity contribution is 7.85. The normalized spacial score (nSPS) is 16.1. The number of amides is 2. The molecular formula is C16H15ClFN3O4S2. The summed E-state index contributed by atoms with van der Waals surface area (Å²) in [7, 11) is -1.52. The van der Waals surface area contributed by atoms with Crippen molar-refractivity contribution in [3.8, 4) is 0 Å². The van der Waals surface area contributed by atoms with Crippen molar-refractivity contribution in [2.24, 2.45) is 5.73 Å². The molecular weight excluding hydrogens is 417 g/mol. The number of morpholine rings is 1. The van der Waals surface area contributed by atoms with Gasteiger partial charge >= 0.3 is 0 Å². The zero-order valence-electron chi connectivity index (χ0n) is 13.9. The van der Waals surface area contributed by atoms with Gasteiger partial charge in [-0.05, 0) is 24.3 Å². The summed E-state index contributed by atoms with van der Waals surface area (Å²) in [6.07, 6.45) is 0. The van der Waals surface area contributed by atoms with Gasteiger partial charge in [0.1, 0.15) is 26.0 Å². The summed E-state index contributed by atoms with van der Waals surface area (Å²) in [6.45, 7) is 1.88. The quantitative estimate of drug-likeness (QED) is 0.757. The standard InChI is InChI=1S/C16H15ClFN3O4S2/c17-9-1-2-10(12(18)7-9)15(23)20-16-11(14(19)22)8-13(26-16)27(24)21-3-5-25-6-4-21/h1-2,7-8H,3-6H2,(H2,19,22)(H,20,23). The molecule has 1 fully saturated rings. The molecule has 0 aliphatic carbocycles. The van der Waals surface area contributed by atoms with Crippen molar-refractivity contribution in [2.75, 3.05) is 31.6 Å². The molecule has 2 heterocycles. The number of rotatable bonds is 5. The lowest BCUT2D eigenvalue weighted by Crippen LogP contribution is -2.37. The number of hydrogen-bond donors (Lipinski definition) is 2. The van der Waals surface area contributed by atoms with Crippen molar-refractivity contribution in [3.63, 3.8) is 0 Å². The van der Waals surface area contributed by atoms with Crippen LogP contribution in [0.5, 0.6) is 0 Å². The van der Waals surface area contributed by atoms with Crippen LogP contribution in [0, 0.1) is 5.82 Å². The fourth-order valence-electron chi connectivity index (χ4n) is 2.41. The Bertz CT molecular complexity index is 915. The number of benzene rings is 1. The molecule has 1 saturated heterocycles. The number of anilines is 1. The molecule has 0 bridgehead atoms. The number of ether oxygens (including phenoxy) is 1. The van der Waals surface area contributed by atoms with Crippen LogP contribution in [0.1, 0.15) is 20.7 Å². The van der Waals surface area contributed by atoms with E-state index in [1.54, 1.807) is 4.31 Å². The van der Waals surface area contributed by atoms with E-state index in [1.807, 2.05) is 0 Å². The van der Waals surface area contributed by atoms with Gasteiger partial charge in [0.2, 0.25) is 0 Å². The van der Waals surface area contributed by atoms with Gasteiger partial charge in [-0.25, -0.2) is 12.9 Å². The third-order valence-electron chi connectivity index (χ3n) is 3.75. The van der Waals surface area contributed by atoms with Gasteiger partial charge in [-0.2, -0.15) is 0 Å². The number of nitrogens with zero attached hydrogens (tertiary/aromatic N) is 1. The molecule has 144 valence electrons. The zero-order chi connectivity index (χ0) is 19.6. The van der Waals surface area contributed by atoms with E-state index in [1.165, 1.54) is 18.2 Å². The summed E-state index contributed by atoms with van der Waals surface area (Å²) in [4.78, 5) is 24.1. The Morgan fingerprint density at radius 1 is 1.26 bits per heavy atom. The first-order chi connectivity index (χ1) is 12.9.